The Kier molecular flexibility index (Phi) is 6.72. The summed E-state index contributed by atoms with van der Waals surface area (Å²) < 4.78 is 1.75. The summed E-state index contributed by atoms with van der Waals surface area (Å²) in [5, 5.41) is 11.1. The van der Waals surface area contributed by atoms with E-state index in [1.165, 1.54) is 30.3 Å². The molecular formula is C23H29N7. The number of nitrogens with zero attached hydrogens (tertiary/aromatic N) is 5. The number of aromatic nitrogens is 3. The fourth-order valence-corrected chi connectivity index (χ4v) is 3.88. The molecule has 1 aliphatic heterocycles. The first-order valence-corrected chi connectivity index (χ1v) is 10.5. The zero-order chi connectivity index (χ0) is 20.6. The second kappa shape index (κ2) is 10.0. The third-order valence-corrected chi connectivity index (χ3v) is 5.54. The van der Waals surface area contributed by atoms with Crippen LogP contribution in [0.5, 0.6) is 0 Å². The van der Waals surface area contributed by atoms with Crippen molar-refractivity contribution in [2.45, 2.75) is 32.0 Å². The van der Waals surface area contributed by atoms with Gasteiger partial charge in [0.1, 0.15) is 12.7 Å². The second-order valence-electron chi connectivity index (χ2n) is 7.57. The highest BCUT2D eigenvalue weighted by Gasteiger charge is 2.24. The van der Waals surface area contributed by atoms with Gasteiger partial charge >= 0.3 is 0 Å². The highest BCUT2D eigenvalue weighted by molar-refractivity contribution is 5.79. The minimum absolute atomic E-state index is 0.533. The summed E-state index contributed by atoms with van der Waals surface area (Å²) in [6.45, 7) is 3.79. The number of likely N-dealkylation sites (tertiary alicyclic amines) is 1. The molecule has 2 N–H and O–H groups in total. The van der Waals surface area contributed by atoms with Gasteiger partial charge in [0.2, 0.25) is 0 Å². The Morgan fingerprint density at radius 3 is 2.63 bits per heavy atom. The monoisotopic (exact) mass is 403 g/mol. The Bertz CT molecular complexity index is 920. The van der Waals surface area contributed by atoms with E-state index in [-0.39, 0.29) is 0 Å². The van der Waals surface area contributed by atoms with Gasteiger partial charge in [-0.3, -0.25) is 9.89 Å². The second-order valence-corrected chi connectivity index (χ2v) is 7.57. The van der Waals surface area contributed by atoms with Crippen LogP contribution >= 0.6 is 0 Å². The molecule has 156 valence electrons. The van der Waals surface area contributed by atoms with Crippen molar-refractivity contribution < 1.29 is 0 Å². The highest BCUT2D eigenvalue weighted by atomic mass is 15.3. The molecule has 0 spiro atoms. The zero-order valence-electron chi connectivity index (χ0n) is 17.4. The maximum atomic E-state index is 4.38. The van der Waals surface area contributed by atoms with E-state index in [0.29, 0.717) is 6.04 Å². The van der Waals surface area contributed by atoms with Crippen LogP contribution in [-0.2, 0) is 13.1 Å². The molecule has 7 nitrogen and oxygen atoms in total. The van der Waals surface area contributed by atoms with Gasteiger partial charge in [-0.1, -0.05) is 42.5 Å². The highest BCUT2D eigenvalue weighted by Crippen LogP contribution is 2.19. The summed E-state index contributed by atoms with van der Waals surface area (Å²) in [5.41, 5.74) is 3.56. The number of guanidine groups is 1. The summed E-state index contributed by atoms with van der Waals surface area (Å²) >= 11 is 0. The maximum absolute atomic E-state index is 4.38. The average molecular weight is 404 g/mol. The first-order chi connectivity index (χ1) is 14.8. The lowest BCUT2D eigenvalue weighted by molar-refractivity contribution is 0.245. The van der Waals surface area contributed by atoms with Crippen LogP contribution in [0.3, 0.4) is 0 Å². The molecule has 1 unspecified atom stereocenters. The van der Waals surface area contributed by atoms with Gasteiger partial charge in [-0.25, -0.2) is 9.67 Å². The van der Waals surface area contributed by atoms with Crippen LogP contribution in [0.4, 0.5) is 0 Å². The summed E-state index contributed by atoms with van der Waals surface area (Å²) in [6.07, 6.45) is 5.71. The Labute approximate surface area is 177 Å². The summed E-state index contributed by atoms with van der Waals surface area (Å²) in [7, 11) is 1.82. The summed E-state index contributed by atoms with van der Waals surface area (Å²) in [4.78, 5) is 10.9. The van der Waals surface area contributed by atoms with Crippen molar-refractivity contribution in [2.24, 2.45) is 4.99 Å². The quantitative estimate of drug-likeness (QED) is 0.469. The standard InChI is InChI=1S/C23H29N7/c1-24-23(26-14-19-9-11-21(12-10-19)30-18-25-17-28-30)27-15-22-8-5-13-29(22)16-20-6-3-2-4-7-20/h2-4,6-7,9-12,17-18,22H,5,8,13-16H2,1H3,(H2,24,26,27). The first-order valence-electron chi connectivity index (χ1n) is 10.5. The molecule has 1 atom stereocenters. The fraction of sp³-hybridized carbons (Fsp3) is 0.348. The van der Waals surface area contributed by atoms with E-state index in [4.69, 9.17) is 0 Å². The van der Waals surface area contributed by atoms with E-state index in [0.717, 1.165) is 37.8 Å². The van der Waals surface area contributed by atoms with Crippen molar-refractivity contribution in [1.82, 2.24) is 30.3 Å². The smallest absolute Gasteiger partial charge is 0.191 e. The Hall–Kier alpha value is -3.19. The molecule has 0 radical (unpaired) electrons. The van der Waals surface area contributed by atoms with E-state index < -0.39 is 0 Å². The van der Waals surface area contributed by atoms with Gasteiger partial charge in [-0.15, -0.1) is 0 Å². The van der Waals surface area contributed by atoms with E-state index >= 15 is 0 Å². The van der Waals surface area contributed by atoms with Crippen LogP contribution in [0.25, 0.3) is 5.69 Å². The molecule has 1 fully saturated rings. The van der Waals surface area contributed by atoms with Crippen molar-refractivity contribution in [3.05, 3.63) is 78.4 Å². The number of aliphatic imine (C=N–C) groups is 1. The largest absolute Gasteiger partial charge is 0.355 e. The molecular weight excluding hydrogens is 374 g/mol. The zero-order valence-corrected chi connectivity index (χ0v) is 17.4. The first kappa shape index (κ1) is 20.1. The van der Waals surface area contributed by atoms with Crippen molar-refractivity contribution in [3.8, 4) is 5.69 Å². The normalized spacial score (nSPS) is 17.2. The van der Waals surface area contributed by atoms with E-state index in [9.17, 15) is 0 Å². The summed E-state index contributed by atoms with van der Waals surface area (Å²) in [6, 6.07) is 19.5. The Morgan fingerprint density at radius 1 is 1.07 bits per heavy atom. The van der Waals surface area contributed by atoms with Gasteiger partial charge < -0.3 is 10.6 Å². The van der Waals surface area contributed by atoms with Crippen LogP contribution in [0.1, 0.15) is 24.0 Å². The fourth-order valence-electron chi connectivity index (χ4n) is 3.88. The van der Waals surface area contributed by atoms with E-state index in [2.05, 4.69) is 73.1 Å². The molecule has 2 aromatic carbocycles. The van der Waals surface area contributed by atoms with Crippen LogP contribution in [0.15, 0.2) is 72.2 Å². The molecule has 0 saturated carbocycles. The van der Waals surface area contributed by atoms with Crippen molar-refractivity contribution in [3.63, 3.8) is 0 Å². The molecule has 1 saturated heterocycles. The van der Waals surface area contributed by atoms with Crippen molar-refractivity contribution >= 4 is 5.96 Å². The van der Waals surface area contributed by atoms with Crippen LogP contribution in [-0.4, -0.2) is 51.8 Å². The minimum Gasteiger partial charge on any atom is -0.355 e. The number of hydrogen-bond donors (Lipinski definition) is 2. The van der Waals surface area contributed by atoms with Crippen LogP contribution < -0.4 is 10.6 Å². The molecule has 30 heavy (non-hydrogen) atoms. The predicted octanol–water partition coefficient (Wildman–Crippen LogP) is 2.60. The topological polar surface area (TPSA) is 70.4 Å². The van der Waals surface area contributed by atoms with Crippen molar-refractivity contribution in [2.75, 3.05) is 20.1 Å². The van der Waals surface area contributed by atoms with E-state index in [1.54, 1.807) is 11.0 Å². The van der Waals surface area contributed by atoms with E-state index in [1.807, 2.05) is 19.2 Å². The van der Waals surface area contributed by atoms with Gasteiger partial charge in [-0.2, -0.15) is 5.10 Å². The molecule has 0 bridgehead atoms. The summed E-state index contributed by atoms with van der Waals surface area (Å²) in [5.74, 6) is 0.835. The number of nitrogens with one attached hydrogen (secondary N) is 2. The molecule has 1 aliphatic rings. The molecule has 0 amide bonds. The molecule has 4 rings (SSSR count). The molecule has 3 aromatic rings. The van der Waals surface area contributed by atoms with Gasteiger partial charge in [0, 0.05) is 32.7 Å². The predicted molar refractivity (Wildman–Crippen MR) is 119 cm³/mol. The third-order valence-electron chi connectivity index (χ3n) is 5.54. The van der Waals surface area contributed by atoms with Crippen LogP contribution in [0, 0.1) is 0 Å². The van der Waals surface area contributed by atoms with Gasteiger partial charge in [-0.05, 0) is 42.6 Å². The van der Waals surface area contributed by atoms with Gasteiger partial charge in [0.25, 0.3) is 0 Å². The van der Waals surface area contributed by atoms with Crippen LogP contribution in [0.2, 0.25) is 0 Å². The minimum atomic E-state index is 0.533. The van der Waals surface area contributed by atoms with Gasteiger partial charge in [0.15, 0.2) is 5.96 Å². The molecule has 1 aromatic heterocycles. The maximum Gasteiger partial charge on any atom is 0.191 e. The SMILES string of the molecule is CN=C(NCc1ccc(-n2cncn2)cc1)NCC1CCCN1Cc1ccccc1. The average Bonchev–Trinajstić information content (AvgIpc) is 3.48. The molecule has 7 heteroatoms. The Morgan fingerprint density at radius 2 is 1.90 bits per heavy atom. The lowest BCUT2D eigenvalue weighted by Gasteiger charge is -2.25. The number of benzene rings is 2. The lowest BCUT2D eigenvalue weighted by Crippen LogP contribution is -2.44. The lowest BCUT2D eigenvalue weighted by atomic mass is 10.2. The molecule has 2 heterocycles. The number of hydrogen-bond acceptors (Lipinski definition) is 4. The third kappa shape index (κ3) is 5.24. The van der Waals surface area contributed by atoms with Crippen molar-refractivity contribution in [1.29, 1.82) is 0 Å². The molecule has 0 aliphatic carbocycles. The number of rotatable bonds is 7. The Balaban J connectivity index is 1.25. The van der Waals surface area contributed by atoms with Gasteiger partial charge in [0.05, 0.1) is 5.69 Å².